The van der Waals surface area contributed by atoms with E-state index in [4.69, 9.17) is 15.2 Å². The zero-order valence-corrected chi connectivity index (χ0v) is 15.9. The largest absolute Gasteiger partial charge is 0.449 e. The molecule has 146 valence electrons. The highest BCUT2D eigenvalue weighted by atomic mass is 16.5. The number of carbonyl (C=O) groups excluding carboxylic acids is 1. The van der Waals surface area contributed by atoms with E-state index in [2.05, 4.69) is 41.7 Å². The molecule has 2 aromatic carbocycles. The van der Waals surface area contributed by atoms with E-state index >= 15 is 0 Å². The third kappa shape index (κ3) is 2.73. The van der Waals surface area contributed by atoms with Crippen LogP contribution in [0.4, 0.5) is 4.79 Å². The summed E-state index contributed by atoms with van der Waals surface area (Å²) >= 11 is 0. The summed E-state index contributed by atoms with van der Waals surface area (Å²) in [5, 5.41) is 3.08. The number of hydrogen-bond donors (Lipinski definition) is 2. The number of hydrogen-bond acceptors (Lipinski definition) is 4. The molecule has 5 nitrogen and oxygen atoms in total. The first-order valence-electron chi connectivity index (χ1n) is 10.1. The van der Waals surface area contributed by atoms with Gasteiger partial charge in [-0.25, -0.2) is 4.79 Å². The van der Waals surface area contributed by atoms with Gasteiger partial charge < -0.3 is 20.5 Å². The highest BCUT2D eigenvalue weighted by Crippen LogP contribution is 2.48. The second kappa shape index (κ2) is 6.90. The molecule has 1 amide bonds. The maximum atomic E-state index is 12.6. The van der Waals surface area contributed by atoms with E-state index in [1.165, 1.54) is 22.3 Å². The van der Waals surface area contributed by atoms with Crippen molar-refractivity contribution < 1.29 is 14.3 Å². The molecule has 28 heavy (non-hydrogen) atoms. The van der Waals surface area contributed by atoms with E-state index in [1.54, 1.807) is 0 Å². The van der Waals surface area contributed by atoms with E-state index in [0.29, 0.717) is 6.61 Å². The van der Waals surface area contributed by atoms with E-state index < -0.39 is 0 Å². The van der Waals surface area contributed by atoms with E-state index in [-0.39, 0.29) is 29.5 Å². The summed E-state index contributed by atoms with van der Waals surface area (Å²) in [7, 11) is 0. The van der Waals surface area contributed by atoms with Crippen molar-refractivity contribution in [3.63, 3.8) is 0 Å². The third-order valence-electron chi connectivity index (χ3n) is 6.98. The van der Waals surface area contributed by atoms with Gasteiger partial charge in [-0.2, -0.15) is 0 Å². The van der Waals surface area contributed by atoms with Gasteiger partial charge >= 0.3 is 6.09 Å². The van der Waals surface area contributed by atoms with E-state index in [1.807, 2.05) is 12.1 Å². The van der Waals surface area contributed by atoms with Crippen LogP contribution >= 0.6 is 0 Å². The first kappa shape index (κ1) is 17.7. The zero-order valence-electron chi connectivity index (χ0n) is 15.9. The van der Waals surface area contributed by atoms with E-state index in [9.17, 15) is 4.79 Å². The second-order valence-electron chi connectivity index (χ2n) is 8.21. The van der Waals surface area contributed by atoms with Crippen molar-refractivity contribution in [3.8, 4) is 11.1 Å². The number of alkyl carbamates (subject to hydrolysis) is 1. The summed E-state index contributed by atoms with van der Waals surface area (Å²) in [5.74, 6) is 0.0823. The van der Waals surface area contributed by atoms with Gasteiger partial charge in [0.1, 0.15) is 6.61 Å². The molecule has 2 aliphatic carbocycles. The monoisotopic (exact) mass is 378 g/mol. The summed E-state index contributed by atoms with van der Waals surface area (Å²) in [6, 6.07) is 16.9. The quantitative estimate of drug-likeness (QED) is 0.858. The Morgan fingerprint density at radius 2 is 1.68 bits per heavy atom. The van der Waals surface area contributed by atoms with Crippen LogP contribution in [-0.4, -0.2) is 38.0 Å². The molecule has 0 bridgehead atoms. The molecule has 2 aromatic rings. The van der Waals surface area contributed by atoms with Gasteiger partial charge in [0.15, 0.2) is 0 Å². The van der Waals surface area contributed by atoms with Crippen molar-refractivity contribution in [2.75, 3.05) is 19.8 Å². The average molecular weight is 378 g/mol. The van der Waals surface area contributed by atoms with Crippen LogP contribution in [-0.2, 0) is 9.47 Å². The summed E-state index contributed by atoms with van der Waals surface area (Å²) < 4.78 is 11.2. The van der Waals surface area contributed by atoms with Crippen molar-refractivity contribution >= 4 is 6.09 Å². The molecular formula is C23H26N2O3. The van der Waals surface area contributed by atoms with Gasteiger partial charge in [0.05, 0.1) is 0 Å². The zero-order chi connectivity index (χ0) is 19.1. The van der Waals surface area contributed by atoms with Gasteiger partial charge in [-0.3, -0.25) is 0 Å². The minimum Gasteiger partial charge on any atom is -0.449 e. The van der Waals surface area contributed by atoms with Gasteiger partial charge in [0, 0.05) is 36.6 Å². The van der Waals surface area contributed by atoms with Crippen LogP contribution in [0.25, 0.3) is 11.1 Å². The van der Waals surface area contributed by atoms with Crippen molar-refractivity contribution in [2.24, 2.45) is 11.1 Å². The lowest BCUT2D eigenvalue weighted by atomic mass is 9.57. The number of rotatable bonds is 3. The van der Waals surface area contributed by atoms with Crippen LogP contribution in [0.1, 0.15) is 36.3 Å². The Labute approximate surface area is 165 Å². The Balaban J connectivity index is 1.26. The molecule has 0 radical (unpaired) electrons. The Bertz CT molecular complexity index is 845. The number of amides is 1. The van der Waals surface area contributed by atoms with Crippen LogP contribution in [0.15, 0.2) is 48.5 Å². The Hall–Kier alpha value is -2.37. The molecule has 5 heteroatoms. The normalized spacial score (nSPS) is 24.9. The molecule has 1 saturated carbocycles. The molecule has 2 atom stereocenters. The second-order valence-corrected chi connectivity index (χ2v) is 8.21. The van der Waals surface area contributed by atoms with Crippen LogP contribution in [0.5, 0.6) is 0 Å². The molecule has 1 heterocycles. The predicted molar refractivity (Wildman–Crippen MR) is 107 cm³/mol. The topological polar surface area (TPSA) is 73.6 Å². The summed E-state index contributed by atoms with van der Waals surface area (Å²) in [4.78, 5) is 12.6. The first-order chi connectivity index (χ1) is 13.7. The van der Waals surface area contributed by atoms with Crippen LogP contribution in [0, 0.1) is 5.41 Å². The minimum atomic E-state index is -0.343. The van der Waals surface area contributed by atoms with E-state index in [0.717, 1.165) is 32.5 Å². The summed E-state index contributed by atoms with van der Waals surface area (Å²) in [6.07, 6.45) is 2.28. The molecule has 1 spiro atoms. The van der Waals surface area contributed by atoms with Gasteiger partial charge in [-0.1, -0.05) is 48.5 Å². The molecule has 5 rings (SSSR count). The van der Waals surface area contributed by atoms with Crippen molar-refractivity contribution in [1.82, 2.24) is 5.32 Å². The van der Waals surface area contributed by atoms with Gasteiger partial charge in [0.25, 0.3) is 0 Å². The maximum Gasteiger partial charge on any atom is 0.407 e. The fraction of sp³-hybridized carbons (Fsp3) is 0.435. The van der Waals surface area contributed by atoms with Crippen LogP contribution in [0.2, 0.25) is 0 Å². The molecule has 2 fully saturated rings. The highest BCUT2D eigenvalue weighted by Gasteiger charge is 2.54. The van der Waals surface area contributed by atoms with Crippen molar-refractivity contribution in [1.29, 1.82) is 0 Å². The fourth-order valence-corrected chi connectivity index (χ4v) is 5.28. The SMILES string of the molecule is NC1CC(NC(=O)OCC2c3ccccc3-c3ccccc32)C12CCOCC2. The summed E-state index contributed by atoms with van der Waals surface area (Å²) in [6.45, 7) is 1.78. The third-order valence-corrected chi connectivity index (χ3v) is 6.98. The fourth-order valence-electron chi connectivity index (χ4n) is 5.28. The lowest BCUT2D eigenvalue weighted by molar-refractivity contribution is -0.0694. The number of nitrogens with two attached hydrogens (primary N) is 1. The molecule has 2 unspecified atom stereocenters. The predicted octanol–water partition coefficient (Wildman–Crippen LogP) is 3.42. The lowest BCUT2D eigenvalue weighted by Crippen LogP contribution is -2.68. The number of nitrogens with one attached hydrogen (secondary N) is 1. The smallest absolute Gasteiger partial charge is 0.407 e. The lowest BCUT2D eigenvalue weighted by Gasteiger charge is -2.56. The standard InChI is InChI=1S/C23H26N2O3/c24-20-13-21(23(20)9-11-27-12-10-23)25-22(26)28-14-19-17-7-3-1-5-15(17)16-6-2-4-8-18(16)19/h1-8,19-21H,9-14,24H2,(H,25,26). The average Bonchev–Trinajstić information content (AvgIpc) is 3.06. The Kier molecular flexibility index (Phi) is 4.37. The number of carbonyl (C=O) groups is 1. The molecule has 1 saturated heterocycles. The minimum absolute atomic E-state index is 0.0240. The number of fused-ring (bicyclic) bond motifs is 3. The summed E-state index contributed by atoms with van der Waals surface area (Å²) in [5.41, 5.74) is 11.2. The molecule has 1 aliphatic heterocycles. The molecule has 0 aromatic heterocycles. The highest BCUT2D eigenvalue weighted by molar-refractivity contribution is 5.79. The van der Waals surface area contributed by atoms with Crippen LogP contribution in [0.3, 0.4) is 0 Å². The molecule has 3 aliphatic rings. The Morgan fingerprint density at radius 1 is 1.07 bits per heavy atom. The number of ether oxygens (including phenoxy) is 2. The number of benzene rings is 2. The van der Waals surface area contributed by atoms with Gasteiger partial charge in [-0.05, 0) is 41.5 Å². The molecule has 3 N–H and O–H groups in total. The first-order valence-corrected chi connectivity index (χ1v) is 10.1. The van der Waals surface area contributed by atoms with Gasteiger partial charge in [-0.15, -0.1) is 0 Å². The molecular weight excluding hydrogens is 352 g/mol. The van der Waals surface area contributed by atoms with Crippen molar-refractivity contribution in [3.05, 3.63) is 59.7 Å². The Morgan fingerprint density at radius 3 is 2.29 bits per heavy atom. The maximum absolute atomic E-state index is 12.6. The van der Waals surface area contributed by atoms with Crippen LogP contribution < -0.4 is 11.1 Å². The van der Waals surface area contributed by atoms with Crippen molar-refractivity contribution in [2.45, 2.75) is 37.3 Å². The van der Waals surface area contributed by atoms with Gasteiger partial charge in [0.2, 0.25) is 0 Å².